The maximum absolute atomic E-state index is 5.95. The van der Waals surface area contributed by atoms with Crippen molar-refractivity contribution >= 4 is 11.6 Å². The predicted molar refractivity (Wildman–Crippen MR) is 72.4 cm³/mol. The highest BCUT2D eigenvalue weighted by Gasteiger charge is 2.03. The van der Waals surface area contributed by atoms with Gasteiger partial charge in [0.1, 0.15) is 5.75 Å². The minimum atomic E-state index is 0.624. The fourth-order valence-corrected chi connectivity index (χ4v) is 1.69. The molecule has 1 aromatic carbocycles. The first-order chi connectivity index (χ1) is 8.77. The second-order valence-electron chi connectivity index (χ2n) is 3.74. The molecule has 18 heavy (non-hydrogen) atoms. The third-order valence-corrected chi connectivity index (χ3v) is 2.65. The zero-order valence-electron chi connectivity index (χ0n) is 10.9. The molecule has 0 saturated carbocycles. The van der Waals surface area contributed by atoms with Gasteiger partial charge >= 0.3 is 0 Å². The summed E-state index contributed by atoms with van der Waals surface area (Å²) in [5.74, 6) is 0.840. The second kappa shape index (κ2) is 9.16. The van der Waals surface area contributed by atoms with Gasteiger partial charge in [0, 0.05) is 30.8 Å². The molecular formula is C13H20ClNO3. The van der Waals surface area contributed by atoms with Crippen LogP contribution in [0.4, 0.5) is 0 Å². The van der Waals surface area contributed by atoms with Gasteiger partial charge in [-0.3, -0.25) is 0 Å². The highest BCUT2D eigenvalue weighted by atomic mass is 35.5. The topological polar surface area (TPSA) is 39.7 Å². The standard InChI is InChI=1S/C13H20ClNO3/c1-16-7-8-18-6-5-15-10-11-9-12(14)3-4-13(11)17-2/h3-4,9,15H,5-8,10H2,1-2H3. The van der Waals surface area contributed by atoms with Crippen LogP contribution < -0.4 is 10.1 Å². The molecular weight excluding hydrogens is 254 g/mol. The number of ether oxygens (including phenoxy) is 3. The Labute approximate surface area is 113 Å². The monoisotopic (exact) mass is 273 g/mol. The van der Waals surface area contributed by atoms with Crippen LogP contribution in [-0.2, 0) is 16.0 Å². The second-order valence-corrected chi connectivity index (χ2v) is 4.17. The van der Waals surface area contributed by atoms with Crippen LogP contribution in [0.2, 0.25) is 5.02 Å². The molecule has 1 aromatic rings. The fourth-order valence-electron chi connectivity index (χ4n) is 1.50. The van der Waals surface area contributed by atoms with Crippen LogP contribution in [-0.4, -0.2) is 40.6 Å². The van der Waals surface area contributed by atoms with Gasteiger partial charge in [-0.25, -0.2) is 0 Å². The number of halogens is 1. The molecule has 0 amide bonds. The summed E-state index contributed by atoms with van der Waals surface area (Å²) in [4.78, 5) is 0. The first kappa shape index (κ1) is 15.2. The smallest absolute Gasteiger partial charge is 0.123 e. The van der Waals surface area contributed by atoms with Crippen LogP contribution in [0, 0.1) is 0 Å². The number of nitrogens with one attached hydrogen (secondary N) is 1. The Kier molecular flexibility index (Phi) is 7.76. The van der Waals surface area contributed by atoms with Gasteiger partial charge in [-0.05, 0) is 18.2 Å². The summed E-state index contributed by atoms with van der Waals surface area (Å²) in [6.07, 6.45) is 0. The summed E-state index contributed by atoms with van der Waals surface area (Å²) in [7, 11) is 3.31. The number of benzene rings is 1. The van der Waals surface area contributed by atoms with E-state index in [2.05, 4.69) is 5.32 Å². The van der Waals surface area contributed by atoms with Crippen molar-refractivity contribution < 1.29 is 14.2 Å². The first-order valence-electron chi connectivity index (χ1n) is 5.87. The largest absolute Gasteiger partial charge is 0.496 e. The SMILES string of the molecule is COCCOCCNCc1cc(Cl)ccc1OC. The van der Waals surface area contributed by atoms with Gasteiger partial charge in [0.25, 0.3) is 0 Å². The third kappa shape index (κ3) is 5.69. The van der Waals surface area contributed by atoms with E-state index in [0.717, 1.165) is 17.9 Å². The molecule has 102 valence electrons. The Morgan fingerprint density at radius 1 is 1.17 bits per heavy atom. The summed E-state index contributed by atoms with van der Waals surface area (Å²) in [6, 6.07) is 5.59. The Bertz CT molecular complexity index is 347. The fraction of sp³-hybridized carbons (Fsp3) is 0.538. The minimum absolute atomic E-state index is 0.624. The van der Waals surface area contributed by atoms with Crippen LogP contribution in [0.15, 0.2) is 18.2 Å². The van der Waals surface area contributed by atoms with Gasteiger partial charge in [-0.15, -0.1) is 0 Å². The van der Waals surface area contributed by atoms with Crippen LogP contribution >= 0.6 is 11.6 Å². The summed E-state index contributed by atoms with van der Waals surface area (Å²) in [5.41, 5.74) is 1.04. The van der Waals surface area contributed by atoms with E-state index in [-0.39, 0.29) is 0 Å². The first-order valence-corrected chi connectivity index (χ1v) is 6.25. The molecule has 5 heteroatoms. The molecule has 1 rings (SSSR count). The molecule has 0 atom stereocenters. The van der Waals surface area contributed by atoms with Gasteiger partial charge in [0.05, 0.1) is 26.9 Å². The summed E-state index contributed by atoms with van der Waals surface area (Å²) < 4.78 is 15.5. The summed E-state index contributed by atoms with van der Waals surface area (Å²) in [5, 5.41) is 3.99. The van der Waals surface area contributed by atoms with E-state index in [9.17, 15) is 0 Å². The molecule has 0 aromatic heterocycles. The van der Waals surface area contributed by atoms with Crippen molar-refractivity contribution in [2.24, 2.45) is 0 Å². The highest BCUT2D eigenvalue weighted by Crippen LogP contribution is 2.22. The molecule has 1 N–H and O–H groups in total. The summed E-state index contributed by atoms with van der Waals surface area (Å²) in [6.45, 7) is 3.39. The molecule has 0 spiro atoms. The van der Waals surface area contributed by atoms with Crippen molar-refractivity contribution in [2.45, 2.75) is 6.54 Å². The Balaban J connectivity index is 2.24. The summed E-state index contributed by atoms with van der Waals surface area (Å²) >= 11 is 5.95. The van der Waals surface area contributed by atoms with Crippen molar-refractivity contribution in [1.29, 1.82) is 0 Å². The zero-order valence-corrected chi connectivity index (χ0v) is 11.6. The van der Waals surface area contributed by atoms with E-state index < -0.39 is 0 Å². The molecule has 0 aliphatic heterocycles. The van der Waals surface area contributed by atoms with E-state index in [1.807, 2.05) is 18.2 Å². The average molecular weight is 274 g/mol. The predicted octanol–water partition coefficient (Wildman–Crippen LogP) is 2.10. The van der Waals surface area contributed by atoms with Crippen molar-refractivity contribution in [3.05, 3.63) is 28.8 Å². The van der Waals surface area contributed by atoms with Crippen LogP contribution in [0.1, 0.15) is 5.56 Å². The molecule has 0 radical (unpaired) electrons. The minimum Gasteiger partial charge on any atom is -0.496 e. The number of hydrogen-bond acceptors (Lipinski definition) is 4. The van der Waals surface area contributed by atoms with Gasteiger partial charge in [-0.2, -0.15) is 0 Å². The van der Waals surface area contributed by atoms with E-state index in [1.165, 1.54) is 0 Å². The Morgan fingerprint density at radius 3 is 2.72 bits per heavy atom. The van der Waals surface area contributed by atoms with E-state index >= 15 is 0 Å². The number of rotatable bonds is 9. The molecule has 0 heterocycles. The quantitative estimate of drug-likeness (QED) is 0.700. The van der Waals surface area contributed by atoms with E-state index in [0.29, 0.717) is 31.4 Å². The lowest BCUT2D eigenvalue weighted by molar-refractivity contribution is 0.0719. The van der Waals surface area contributed by atoms with Gasteiger partial charge in [0.15, 0.2) is 0 Å². The maximum Gasteiger partial charge on any atom is 0.123 e. The van der Waals surface area contributed by atoms with Gasteiger partial charge < -0.3 is 19.5 Å². The molecule has 0 unspecified atom stereocenters. The van der Waals surface area contributed by atoms with Gasteiger partial charge in [-0.1, -0.05) is 11.6 Å². The third-order valence-electron chi connectivity index (χ3n) is 2.41. The van der Waals surface area contributed by atoms with Crippen LogP contribution in [0.25, 0.3) is 0 Å². The normalized spacial score (nSPS) is 10.6. The van der Waals surface area contributed by atoms with Crippen molar-refractivity contribution in [3.63, 3.8) is 0 Å². The van der Waals surface area contributed by atoms with Crippen molar-refractivity contribution in [2.75, 3.05) is 40.6 Å². The zero-order chi connectivity index (χ0) is 13.2. The Hall–Kier alpha value is -0.810. The highest BCUT2D eigenvalue weighted by molar-refractivity contribution is 6.30. The molecule has 0 fully saturated rings. The lowest BCUT2D eigenvalue weighted by Gasteiger charge is -2.10. The van der Waals surface area contributed by atoms with Crippen LogP contribution in [0.5, 0.6) is 5.75 Å². The maximum atomic E-state index is 5.95. The Morgan fingerprint density at radius 2 is 2.00 bits per heavy atom. The lowest BCUT2D eigenvalue weighted by Crippen LogP contribution is -2.20. The molecule has 0 aliphatic carbocycles. The van der Waals surface area contributed by atoms with E-state index in [1.54, 1.807) is 14.2 Å². The molecule has 0 saturated heterocycles. The van der Waals surface area contributed by atoms with Crippen LogP contribution in [0.3, 0.4) is 0 Å². The molecule has 0 bridgehead atoms. The lowest BCUT2D eigenvalue weighted by atomic mass is 10.2. The average Bonchev–Trinajstić information content (AvgIpc) is 2.38. The van der Waals surface area contributed by atoms with E-state index in [4.69, 9.17) is 25.8 Å². The number of hydrogen-bond donors (Lipinski definition) is 1. The van der Waals surface area contributed by atoms with Crippen molar-refractivity contribution in [1.82, 2.24) is 5.32 Å². The molecule has 4 nitrogen and oxygen atoms in total. The van der Waals surface area contributed by atoms with Crippen molar-refractivity contribution in [3.8, 4) is 5.75 Å². The number of methoxy groups -OCH3 is 2. The molecule has 0 aliphatic rings. The van der Waals surface area contributed by atoms with Gasteiger partial charge in [0.2, 0.25) is 0 Å².